The smallest absolute Gasteiger partial charge is 0.241 e. The predicted molar refractivity (Wildman–Crippen MR) is 131 cm³/mol. The fraction of sp³-hybridized carbons (Fsp3) is 0.250. The minimum absolute atomic E-state index is 0.151. The Kier molecular flexibility index (Phi) is 6.98. The molecule has 0 aliphatic carbocycles. The van der Waals surface area contributed by atoms with E-state index < -0.39 is 0 Å². The third-order valence-electron chi connectivity index (χ3n) is 5.12. The minimum Gasteiger partial charge on any atom is -0.436 e. The molecule has 0 saturated heterocycles. The molecule has 4 aromatic rings. The number of carbonyl (C=O) groups excluding carboxylic acids is 1. The lowest BCUT2D eigenvalue weighted by Crippen LogP contribution is -2.35. The summed E-state index contributed by atoms with van der Waals surface area (Å²) >= 11 is 0. The second-order valence-corrected chi connectivity index (χ2v) is 7.72. The van der Waals surface area contributed by atoms with Gasteiger partial charge in [-0.2, -0.15) is 4.98 Å². The second kappa shape index (κ2) is 10.3. The Balaban J connectivity index is 1.63. The van der Waals surface area contributed by atoms with Crippen molar-refractivity contribution in [3.63, 3.8) is 0 Å². The van der Waals surface area contributed by atoms with Gasteiger partial charge in [-0.15, -0.1) is 0 Å². The molecule has 2 aromatic heterocycles. The number of aromatic nitrogens is 3. The van der Waals surface area contributed by atoms with E-state index in [2.05, 4.69) is 36.2 Å². The normalized spacial score (nSPS) is 11.9. The Bertz CT molecular complexity index is 1310. The van der Waals surface area contributed by atoms with Gasteiger partial charge < -0.3 is 25.7 Å². The van der Waals surface area contributed by atoms with Crippen LogP contribution in [0.1, 0.15) is 20.3 Å². The van der Waals surface area contributed by atoms with E-state index in [0.29, 0.717) is 52.2 Å². The van der Waals surface area contributed by atoms with Crippen molar-refractivity contribution in [1.29, 1.82) is 0 Å². The highest BCUT2D eigenvalue weighted by Gasteiger charge is 2.17. The number of oxazole rings is 1. The Morgan fingerprint density at radius 1 is 1.15 bits per heavy atom. The first-order valence-corrected chi connectivity index (χ1v) is 11.0. The SMILES string of the molecule is CCCNc1nc(Nc2cccc(F)c2)ncc1-c1nc2ccc(NC(=O)[C@H](C)NC)cc2o1. The molecule has 0 saturated carbocycles. The van der Waals surface area contributed by atoms with Crippen LogP contribution in [0.15, 0.2) is 53.1 Å². The Labute approximate surface area is 196 Å². The topological polar surface area (TPSA) is 117 Å². The zero-order chi connectivity index (χ0) is 24.1. The van der Waals surface area contributed by atoms with Crippen LogP contribution in [0.5, 0.6) is 0 Å². The first-order valence-electron chi connectivity index (χ1n) is 11.0. The van der Waals surface area contributed by atoms with E-state index in [1.807, 2.05) is 6.92 Å². The van der Waals surface area contributed by atoms with Crippen molar-refractivity contribution in [3.05, 3.63) is 54.5 Å². The number of likely N-dealkylation sites (N-methyl/N-ethyl adjacent to an activating group) is 1. The first-order chi connectivity index (χ1) is 16.5. The summed E-state index contributed by atoms with van der Waals surface area (Å²) in [6, 6.07) is 11.0. The van der Waals surface area contributed by atoms with E-state index in [1.54, 1.807) is 50.5 Å². The Morgan fingerprint density at radius 2 is 2.00 bits per heavy atom. The summed E-state index contributed by atoms with van der Waals surface area (Å²) in [6.45, 7) is 4.51. The fourth-order valence-corrected chi connectivity index (χ4v) is 3.17. The summed E-state index contributed by atoms with van der Waals surface area (Å²) in [5.41, 5.74) is 2.89. The van der Waals surface area contributed by atoms with Gasteiger partial charge in [0.05, 0.1) is 11.6 Å². The molecule has 0 bridgehead atoms. The summed E-state index contributed by atoms with van der Waals surface area (Å²) in [5, 5.41) is 12.0. The molecule has 2 heterocycles. The van der Waals surface area contributed by atoms with Gasteiger partial charge in [-0.05, 0) is 50.7 Å². The largest absolute Gasteiger partial charge is 0.436 e. The summed E-state index contributed by atoms with van der Waals surface area (Å²) in [5.74, 6) is 0.695. The lowest BCUT2D eigenvalue weighted by Gasteiger charge is -2.11. The number of rotatable bonds is 9. The van der Waals surface area contributed by atoms with Crippen molar-refractivity contribution in [2.45, 2.75) is 26.3 Å². The van der Waals surface area contributed by atoms with Crippen LogP contribution in [0.4, 0.5) is 27.5 Å². The number of carbonyl (C=O) groups is 1. The molecule has 0 spiro atoms. The maximum Gasteiger partial charge on any atom is 0.241 e. The van der Waals surface area contributed by atoms with Crippen molar-refractivity contribution >= 4 is 40.1 Å². The van der Waals surface area contributed by atoms with Gasteiger partial charge in [0, 0.05) is 30.2 Å². The van der Waals surface area contributed by atoms with E-state index in [-0.39, 0.29) is 17.8 Å². The molecule has 10 heteroatoms. The number of halogens is 1. The van der Waals surface area contributed by atoms with E-state index in [9.17, 15) is 9.18 Å². The monoisotopic (exact) mass is 463 g/mol. The van der Waals surface area contributed by atoms with Crippen molar-refractivity contribution in [2.75, 3.05) is 29.5 Å². The van der Waals surface area contributed by atoms with Gasteiger partial charge in [-0.3, -0.25) is 4.79 Å². The molecule has 1 amide bonds. The molecule has 0 aliphatic heterocycles. The number of fused-ring (bicyclic) bond motifs is 1. The van der Waals surface area contributed by atoms with Crippen LogP contribution in [0.2, 0.25) is 0 Å². The highest BCUT2D eigenvalue weighted by Crippen LogP contribution is 2.31. The van der Waals surface area contributed by atoms with E-state index in [1.165, 1.54) is 12.1 Å². The zero-order valence-electron chi connectivity index (χ0n) is 19.1. The van der Waals surface area contributed by atoms with E-state index >= 15 is 0 Å². The number of hydrogen-bond acceptors (Lipinski definition) is 8. The number of hydrogen-bond donors (Lipinski definition) is 4. The summed E-state index contributed by atoms with van der Waals surface area (Å²) in [4.78, 5) is 25.6. The van der Waals surface area contributed by atoms with Gasteiger partial charge in [0.2, 0.25) is 17.7 Å². The van der Waals surface area contributed by atoms with Gasteiger partial charge in [0.1, 0.15) is 17.2 Å². The lowest BCUT2D eigenvalue weighted by atomic mass is 10.2. The standard InChI is InChI=1S/C24H26FN7O2/c1-4-10-27-21-18(13-28-24(32-21)30-16-7-5-6-15(25)11-16)23-31-19-9-8-17(12-20(19)34-23)29-22(33)14(2)26-3/h5-9,11-14,26H,4,10H2,1-3H3,(H,29,33)(H2,27,28,30,32)/t14-/m0/s1. The van der Waals surface area contributed by atoms with Crippen LogP contribution in [0.3, 0.4) is 0 Å². The molecule has 1 atom stereocenters. The number of nitrogens with one attached hydrogen (secondary N) is 4. The third kappa shape index (κ3) is 5.29. The van der Waals surface area contributed by atoms with E-state index in [4.69, 9.17) is 4.42 Å². The van der Waals surface area contributed by atoms with Crippen LogP contribution in [0.25, 0.3) is 22.6 Å². The van der Waals surface area contributed by atoms with Gasteiger partial charge in [-0.25, -0.2) is 14.4 Å². The van der Waals surface area contributed by atoms with Crippen LogP contribution in [-0.2, 0) is 4.79 Å². The summed E-state index contributed by atoms with van der Waals surface area (Å²) in [6.07, 6.45) is 2.49. The molecule has 0 aliphatic rings. The molecule has 4 rings (SSSR count). The first kappa shape index (κ1) is 23.1. The molecule has 0 unspecified atom stereocenters. The van der Waals surface area contributed by atoms with Gasteiger partial charge in [0.15, 0.2) is 5.58 Å². The molecule has 4 N–H and O–H groups in total. The Hall–Kier alpha value is -4.05. The molecular formula is C24H26FN7O2. The maximum absolute atomic E-state index is 13.5. The molecule has 0 radical (unpaired) electrons. The van der Waals surface area contributed by atoms with Crippen molar-refractivity contribution < 1.29 is 13.6 Å². The predicted octanol–water partition coefficient (Wildman–Crippen LogP) is 4.54. The zero-order valence-corrected chi connectivity index (χ0v) is 19.1. The van der Waals surface area contributed by atoms with Crippen molar-refractivity contribution in [3.8, 4) is 11.5 Å². The van der Waals surface area contributed by atoms with Gasteiger partial charge >= 0.3 is 0 Å². The van der Waals surface area contributed by atoms with Crippen LogP contribution < -0.4 is 21.3 Å². The molecule has 176 valence electrons. The quantitative estimate of drug-likeness (QED) is 0.286. The van der Waals surface area contributed by atoms with Gasteiger partial charge in [0.25, 0.3) is 0 Å². The number of benzene rings is 2. The molecule has 34 heavy (non-hydrogen) atoms. The number of amides is 1. The Morgan fingerprint density at radius 3 is 2.76 bits per heavy atom. The maximum atomic E-state index is 13.5. The average Bonchev–Trinajstić information content (AvgIpc) is 3.25. The summed E-state index contributed by atoms with van der Waals surface area (Å²) < 4.78 is 19.5. The number of anilines is 4. The van der Waals surface area contributed by atoms with Crippen LogP contribution >= 0.6 is 0 Å². The molecule has 2 aromatic carbocycles. The molecular weight excluding hydrogens is 437 g/mol. The lowest BCUT2D eigenvalue weighted by molar-refractivity contribution is -0.117. The van der Waals surface area contributed by atoms with E-state index in [0.717, 1.165) is 6.42 Å². The molecule has 0 fully saturated rings. The van der Waals surface area contributed by atoms with Crippen molar-refractivity contribution in [2.24, 2.45) is 0 Å². The highest BCUT2D eigenvalue weighted by molar-refractivity contribution is 5.96. The van der Waals surface area contributed by atoms with Gasteiger partial charge in [-0.1, -0.05) is 13.0 Å². The fourth-order valence-electron chi connectivity index (χ4n) is 3.17. The van der Waals surface area contributed by atoms with Crippen LogP contribution in [-0.4, -0.2) is 40.5 Å². The number of nitrogens with zero attached hydrogens (tertiary/aromatic N) is 3. The van der Waals surface area contributed by atoms with Crippen molar-refractivity contribution in [1.82, 2.24) is 20.3 Å². The average molecular weight is 464 g/mol. The molecule has 9 nitrogen and oxygen atoms in total. The summed E-state index contributed by atoms with van der Waals surface area (Å²) in [7, 11) is 1.72. The van der Waals surface area contributed by atoms with Crippen LogP contribution in [0, 0.1) is 5.82 Å². The third-order valence-corrected chi connectivity index (χ3v) is 5.12. The second-order valence-electron chi connectivity index (χ2n) is 7.72. The minimum atomic E-state index is -0.353. The highest BCUT2D eigenvalue weighted by atomic mass is 19.1.